The first-order valence-corrected chi connectivity index (χ1v) is 4.67. The van der Waals surface area contributed by atoms with E-state index in [4.69, 9.17) is 10.4 Å². The van der Waals surface area contributed by atoms with Crippen molar-refractivity contribution in [1.82, 2.24) is 4.90 Å². The normalized spacial score (nSPS) is 13.4. The fourth-order valence-electron chi connectivity index (χ4n) is 1.88. The number of carboxylic acid groups (broad SMARTS) is 1. The number of fused-ring (bicyclic) bond motifs is 1. The summed E-state index contributed by atoms with van der Waals surface area (Å²) in [6.45, 7) is 0.840. The summed E-state index contributed by atoms with van der Waals surface area (Å²) in [5, 5.41) is 17.5. The van der Waals surface area contributed by atoms with Crippen LogP contribution in [-0.2, 0) is 19.5 Å². The van der Waals surface area contributed by atoms with Crippen LogP contribution in [0.5, 0.6) is 0 Å². The lowest BCUT2D eigenvalue weighted by Gasteiger charge is -2.09. The standard InChI is InChI=1S/C11H10N2O2/c12-5-4-8-2-1-3-9-6-13(11(14)15)7-10(8)9/h1-3H,4,6-7H2,(H,14,15). The van der Waals surface area contributed by atoms with Crippen LogP contribution in [0.2, 0.25) is 0 Å². The zero-order chi connectivity index (χ0) is 10.8. The lowest BCUT2D eigenvalue weighted by atomic mass is 10.0. The van der Waals surface area contributed by atoms with Crippen molar-refractivity contribution in [2.24, 2.45) is 0 Å². The van der Waals surface area contributed by atoms with Gasteiger partial charge in [0.15, 0.2) is 0 Å². The number of hydrogen-bond donors (Lipinski definition) is 1. The fraction of sp³-hybridized carbons (Fsp3) is 0.273. The Bertz CT molecular complexity index is 448. The number of carbonyl (C=O) groups is 1. The molecule has 1 aromatic carbocycles. The summed E-state index contributed by atoms with van der Waals surface area (Å²) >= 11 is 0. The van der Waals surface area contributed by atoms with Crippen molar-refractivity contribution in [3.05, 3.63) is 34.9 Å². The summed E-state index contributed by atoms with van der Waals surface area (Å²) in [5.74, 6) is 0. The average Bonchev–Trinajstić information content (AvgIpc) is 2.63. The van der Waals surface area contributed by atoms with Crippen molar-refractivity contribution in [1.29, 1.82) is 5.26 Å². The van der Waals surface area contributed by atoms with Gasteiger partial charge in [0.05, 0.1) is 19.0 Å². The maximum absolute atomic E-state index is 10.8. The van der Waals surface area contributed by atoms with Crippen molar-refractivity contribution in [3.8, 4) is 6.07 Å². The van der Waals surface area contributed by atoms with Crippen molar-refractivity contribution < 1.29 is 9.90 Å². The van der Waals surface area contributed by atoms with Crippen LogP contribution in [0.25, 0.3) is 0 Å². The maximum atomic E-state index is 10.8. The zero-order valence-corrected chi connectivity index (χ0v) is 8.10. The second-order valence-electron chi connectivity index (χ2n) is 3.53. The second-order valence-corrected chi connectivity index (χ2v) is 3.53. The third-order valence-corrected chi connectivity index (χ3v) is 2.62. The third kappa shape index (κ3) is 1.64. The molecule has 0 bridgehead atoms. The Morgan fingerprint density at radius 2 is 2.33 bits per heavy atom. The van der Waals surface area contributed by atoms with Crippen LogP contribution >= 0.6 is 0 Å². The summed E-state index contributed by atoms with van der Waals surface area (Å²) < 4.78 is 0. The first-order chi connectivity index (χ1) is 7.22. The molecule has 0 atom stereocenters. The summed E-state index contributed by atoms with van der Waals surface area (Å²) in [7, 11) is 0. The Labute approximate surface area is 87.4 Å². The van der Waals surface area contributed by atoms with Crippen LogP contribution in [0.4, 0.5) is 4.79 Å². The van der Waals surface area contributed by atoms with E-state index < -0.39 is 6.09 Å². The zero-order valence-electron chi connectivity index (χ0n) is 8.10. The van der Waals surface area contributed by atoms with E-state index in [0.717, 1.165) is 16.7 Å². The van der Waals surface area contributed by atoms with Gasteiger partial charge in [-0.15, -0.1) is 0 Å². The molecule has 0 aliphatic carbocycles. The van der Waals surface area contributed by atoms with E-state index in [1.807, 2.05) is 18.2 Å². The second kappa shape index (κ2) is 3.62. The molecule has 2 rings (SSSR count). The molecule has 1 amide bonds. The predicted octanol–water partition coefficient (Wildman–Crippen LogP) is 1.75. The summed E-state index contributed by atoms with van der Waals surface area (Å²) in [6, 6.07) is 7.76. The van der Waals surface area contributed by atoms with Crippen LogP contribution in [0.15, 0.2) is 18.2 Å². The molecule has 0 spiro atoms. The molecule has 0 radical (unpaired) electrons. The smallest absolute Gasteiger partial charge is 0.407 e. The third-order valence-electron chi connectivity index (χ3n) is 2.62. The Hall–Kier alpha value is -2.02. The quantitative estimate of drug-likeness (QED) is 0.754. The largest absolute Gasteiger partial charge is 0.465 e. The van der Waals surface area contributed by atoms with Gasteiger partial charge in [0.2, 0.25) is 0 Å². The molecule has 1 aliphatic rings. The molecule has 76 valence electrons. The molecule has 1 N–H and O–H groups in total. The number of amides is 1. The maximum Gasteiger partial charge on any atom is 0.407 e. The molecule has 15 heavy (non-hydrogen) atoms. The van der Waals surface area contributed by atoms with Gasteiger partial charge in [0.25, 0.3) is 0 Å². The highest BCUT2D eigenvalue weighted by Crippen LogP contribution is 2.26. The van der Waals surface area contributed by atoms with Gasteiger partial charge in [-0.2, -0.15) is 5.26 Å². The van der Waals surface area contributed by atoms with E-state index in [2.05, 4.69) is 6.07 Å². The Morgan fingerprint density at radius 1 is 1.53 bits per heavy atom. The van der Waals surface area contributed by atoms with Crippen LogP contribution in [0.3, 0.4) is 0 Å². The number of hydrogen-bond acceptors (Lipinski definition) is 2. The minimum atomic E-state index is -0.908. The lowest BCUT2D eigenvalue weighted by molar-refractivity contribution is 0.145. The summed E-state index contributed by atoms with van der Waals surface area (Å²) in [5.41, 5.74) is 2.96. The first kappa shape index (κ1) is 9.53. The Morgan fingerprint density at radius 3 is 3.00 bits per heavy atom. The molecule has 1 heterocycles. The van der Waals surface area contributed by atoms with Gasteiger partial charge in [-0.05, 0) is 16.7 Å². The predicted molar refractivity (Wildman–Crippen MR) is 53.0 cm³/mol. The summed E-state index contributed by atoms with van der Waals surface area (Å²) in [4.78, 5) is 12.2. The van der Waals surface area contributed by atoms with Gasteiger partial charge in [-0.3, -0.25) is 4.90 Å². The van der Waals surface area contributed by atoms with E-state index in [9.17, 15) is 4.79 Å². The molecule has 0 saturated carbocycles. The van der Waals surface area contributed by atoms with Gasteiger partial charge < -0.3 is 5.11 Å². The molecule has 0 aromatic heterocycles. The molecule has 0 saturated heterocycles. The highest BCUT2D eigenvalue weighted by Gasteiger charge is 2.24. The average molecular weight is 202 g/mol. The monoisotopic (exact) mass is 202 g/mol. The van der Waals surface area contributed by atoms with Gasteiger partial charge in [-0.25, -0.2) is 4.79 Å². The van der Waals surface area contributed by atoms with Crippen LogP contribution in [-0.4, -0.2) is 16.1 Å². The number of benzene rings is 1. The van der Waals surface area contributed by atoms with Crippen molar-refractivity contribution in [2.45, 2.75) is 19.5 Å². The van der Waals surface area contributed by atoms with Crippen LogP contribution < -0.4 is 0 Å². The molecule has 1 aromatic rings. The van der Waals surface area contributed by atoms with E-state index in [-0.39, 0.29) is 0 Å². The molecule has 0 unspecified atom stereocenters. The van der Waals surface area contributed by atoms with Gasteiger partial charge in [0, 0.05) is 6.54 Å². The van der Waals surface area contributed by atoms with Crippen molar-refractivity contribution >= 4 is 6.09 Å². The van der Waals surface area contributed by atoms with Crippen molar-refractivity contribution in [3.63, 3.8) is 0 Å². The topological polar surface area (TPSA) is 64.3 Å². The summed E-state index contributed by atoms with van der Waals surface area (Å²) in [6.07, 6.45) is -0.564. The van der Waals surface area contributed by atoms with E-state index in [1.54, 1.807) is 0 Å². The van der Waals surface area contributed by atoms with Crippen LogP contribution in [0, 0.1) is 11.3 Å². The van der Waals surface area contributed by atoms with E-state index in [1.165, 1.54) is 4.90 Å². The lowest BCUT2D eigenvalue weighted by Crippen LogP contribution is -2.22. The van der Waals surface area contributed by atoms with Gasteiger partial charge in [0.1, 0.15) is 0 Å². The van der Waals surface area contributed by atoms with Gasteiger partial charge >= 0.3 is 6.09 Å². The first-order valence-electron chi connectivity index (χ1n) is 4.67. The molecular weight excluding hydrogens is 192 g/mol. The highest BCUT2D eigenvalue weighted by molar-refractivity contribution is 5.66. The Kier molecular flexibility index (Phi) is 2.30. The molecule has 4 nitrogen and oxygen atoms in total. The molecule has 0 fully saturated rings. The van der Waals surface area contributed by atoms with E-state index >= 15 is 0 Å². The number of rotatable bonds is 1. The minimum Gasteiger partial charge on any atom is -0.465 e. The van der Waals surface area contributed by atoms with Gasteiger partial charge in [-0.1, -0.05) is 18.2 Å². The molecular formula is C11H10N2O2. The Balaban J connectivity index is 2.33. The molecule has 1 aliphatic heterocycles. The van der Waals surface area contributed by atoms with E-state index in [0.29, 0.717) is 19.5 Å². The van der Waals surface area contributed by atoms with Crippen molar-refractivity contribution in [2.75, 3.05) is 0 Å². The SMILES string of the molecule is N#CCc1cccc2c1CN(C(=O)O)C2. The fourth-order valence-corrected chi connectivity index (χ4v) is 1.88. The molecule has 4 heteroatoms. The number of nitrogens with zero attached hydrogens (tertiary/aromatic N) is 2. The highest BCUT2D eigenvalue weighted by atomic mass is 16.4. The van der Waals surface area contributed by atoms with Crippen LogP contribution in [0.1, 0.15) is 16.7 Å². The minimum absolute atomic E-state index is 0.344. The number of nitriles is 1.